The number of ether oxygens (including phenoxy) is 3. The van der Waals surface area contributed by atoms with E-state index in [4.69, 9.17) is 26.4 Å². The first-order chi connectivity index (χ1) is 12.4. The molecule has 0 unspecified atom stereocenters. The smallest absolute Gasteiger partial charge is 0.344 e. The first kappa shape index (κ1) is 20.3. The Balaban J connectivity index is 2.00. The van der Waals surface area contributed by atoms with E-state index in [1.807, 2.05) is 19.1 Å². The molecule has 1 fully saturated rings. The lowest BCUT2D eigenvalue weighted by molar-refractivity contribution is -0.145. The fourth-order valence-electron chi connectivity index (χ4n) is 2.37. The molecule has 8 heteroatoms. The molecule has 0 saturated carbocycles. The highest BCUT2D eigenvalue weighted by Crippen LogP contribution is 2.31. The summed E-state index contributed by atoms with van der Waals surface area (Å²) in [6, 6.07) is 5.54. The molecule has 6 nitrogen and oxygen atoms in total. The van der Waals surface area contributed by atoms with Crippen LogP contribution in [0.5, 0.6) is 11.5 Å². The number of amides is 1. The SMILES string of the molecule is CCOC(=O)COc1ccc(CCC(C)=C2SC(=S)NC2=O)cc1OC. The molecule has 0 aromatic heterocycles. The highest BCUT2D eigenvalue weighted by molar-refractivity contribution is 8.26. The molecule has 0 bridgehead atoms. The number of aryl methyl sites for hydroxylation is 1. The molecule has 1 amide bonds. The molecule has 1 saturated heterocycles. The lowest BCUT2D eigenvalue weighted by Crippen LogP contribution is -2.18. The molecule has 1 N–H and O–H groups in total. The number of benzene rings is 1. The summed E-state index contributed by atoms with van der Waals surface area (Å²) >= 11 is 6.31. The van der Waals surface area contributed by atoms with Crippen molar-refractivity contribution in [2.45, 2.75) is 26.7 Å². The second-order valence-corrected chi connectivity index (χ2v) is 7.22. The Labute approximate surface area is 162 Å². The molecule has 2 rings (SSSR count). The Bertz CT molecular complexity index is 745. The van der Waals surface area contributed by atoms with E-state index in [2.05, 4.69) is 5.32 Å². The number of esters is 1. The van der Waals surface area contributed by atoms with E-state index >= 15 is 0 Å². The van der Waals surface area contributed by atoms with Gasteiger partial charge in [-0.2, -0.15) is 0 Å². The average molecular weight is 396 g/mol. The third-order valence-corrected chi connectivity index (χ3v) is 5.05. The molecule has 1 aliphatic heterocycles. The summed E-state index contributed by atoms with van der Waals surface area (Å²) in [5, 5.41) is 2.63. The maximum absolute atomic E-state index is 11.8. The normalized spacial score (nSPS) is 15.5. The molecule has 0 spiro atoms. The van der Waals surface area contributed by atoms with Crippen LogP contribution in [0.15, 0.2) is 28.7 Å². The number of nitrogens with one attached hydrogen (secondary N) is 1. The highest BCUT2D eigenvalue weighted by atomic mass is 32.2. The third-order valence-electron chi connectivity index (χ3n) is 3.67. The van der Waals surface area contributed by atoms with Gasteiger partial charge < -0.3 is 19.5 Å². The summed E-state index contributed by atoms with van der Waals surface area (Å²) in [6.07, 6.45) is 1.47. The van der Waals surface area contributed by atoms with Crippen LogP contribution in [0.2, 0.25) is 0 Å². The minimum Gasteiger partial charge on any atom is -0.493 e. The summed E-state index contributed by atoms with van der Waals surface area (Å²) in [7, 11) is 1.55. The number of carbonyl (C=O) groups excluding carboxylic acids is 2. The van der Waals surface area contributed by atoms with Crippen LogP contribution < -0.4 is 14.8 Å². The van der Waals surface area contributed by atoms with Crippen LogP contribution >= 0.6 is 24.0 Å². The van der Waals surface area contributed by atoms with Gasteiger partial charge >= 0.3 is 5.97 Å². The number of allylic oxidation sites excluding steroid dienone is 1. The Morgan fingerprint density at radius 2 is 2.08 bits per heavy atom. The van der Waals surface area contributed by atoms with Gasteiger partial charge in [0.05, 0.1) is 18.6 Å². The van der Waals surface area contributed by atoms with E-state index in [0.717, 1.165) is 24.0 Å². The van der Waals surface area contributed by atoms with Gasteiger partial charge in [0.1, 0.15) is 4.32 Å². The molecule has 1 aromatic rings. The summed E-state index contributed by atoms with van der Waals surface area (Å²) in [5.74, 6) is 0.477. The van der Waals surface area contributed by atoms with Crippen molar-refractivity contribution in [2.75, 3.05) is 20.3 Å². The molecule has 26 heavy (non-hydrogen) atoms. The van der Waals surface area contributed by atoms with Crippen molar-refractivity contribution >= 4 is 40.2 Å². The molecule has 0 atom stereocenters. The largest absolute Gasteiger partial charge is 0.493 e. The first-order valence-corrected chi connectivity index (χ1v) is 9.35. The van der Waals surface area contributed by atoms with Gasteiger partial charge in [0.15, 0.2) is 18.1 Å². The zero-order valence-corrected chi connectivity index (χ0v) is 16.6. The Kier molecular flexibility index (Phi) is 7.47. The van der Waals surface area contributed by atoms with Gasteiger partial charge in [0.2, 0.25) is 0 Å². The Morgan fingerprint density at radius 3 is 2.69 bits per heavy atom. The van der Waals surface area contributed by atoms with Crippen LogP contribution in [0.1, 0.15) is 25.8 Å². The highest BCUT2D eigenvalue weighted by Gasteiger charge is 2.24. The molecule has 0 aliphatic carbocycles. The van der Waals surface area contributed by atoms with E-state index in [0.29, 0.717) is 27.3 Å². The Morgan fingerprint density at radius 1 is 1.31 bits per heavy atom. The van der Waals surface area contributed by atoms with Crippen molar-refractivity contribution in [1.82, 2.24) is 5.32 Å². The lowest BCUT2D eigenvalue weighted by atomic mass is 10.0. The third kappa shape index (κ3) is 5.47. The lowest BCUT2D eigenvalue weighted by Gasteiger charge is -2.12. The van der Waals surface area contributed by atoms with Crippen LogP contribution in [0.3, 0.4) is 0 Å². The number of carbonyl (C=O) groups is 2. The predicted octanol–water partition coefficient (Wildman–Crippen LogP) is 2.99. The minimum atomic E-state index is -0.425. The quantitative estimate of drug-likeness (QED) is 0.412. The van der Waals surface area contributed by atoms with Gasteiger partial charge in [0, 0.05) is 0 Å². The van der Waals surface area contributed by atoms with Gasteiger partial charge in [-0.3, -0.25) is 4.79 Å². The van der Waals surface area contributed by atoms with Crippen molar-refractivity contribution < 1.29 is 23.8 Å². The molecule has 1 aromatic carbocycles. The maximum Gasteiger partial charge on any atom is 0.344 e. The number of hydrogen-bond donors (Lipinski definition) is 1. The molecule has 0 radical (unpaired) electrons. The molecular weight excluding hydrogens is 374 g/mol. The molecule has 140 valence electrons. The van der Waals surface area contributed by atoms with Gasteiger partial charge in [-0.05, 0) is 44.4 Å². The summed E-state index contributed by atoms with van der Waals surface area (Å²) in [6.45, 7) is 3.82. The van der Waals surface area contributed by atoms with Crippen LogP contribution in [-0.4, -0.2) is 36.5 Å². The van der Waals surface area contributed by atoms with Gasteiger partial charge in [-0.15, -0.1) is 0 Å². The standard InChI is InChI=1S/C18H21NO5S2/c1-4-23-15(20)10-24-13-8-7-12(9-14(13)22-3)6-5-11(2)16-17(21)19-18(25)26-16/h7-9H,4-6,10H2,1-3H3,(H,19,21,25). The average Bonchev–Trinajstić information content (AvgIpc) is 2.96. The van der Waals surface area contributed by atoms with Gasteiger partial charge in [-0.1, -0.05) is 35.6 Å². The summed E-state index contributed by atoms with van der Waals surface area (Å²) in [4.78, 5) is 23.9. The van der Waals surface area contributed by atoms with Crippen molar-refractivity contribution in [3.05, 3.63) is 34.2 Å². The predicted molar refractivity (Wildman–Crippen MR) is 104 cm³/mol. The second-order valence-electron chi connectivity index (χ2n) is 5.53. The number of rotatable bonds is 8. The molecule has 1 aliphatic rings. The van der Waals surface area contributed by atoms with E-state index in [-0.39, 0.29) is 12.5 Å². The summed E-state index contributed by atoms with van der Waals surface area (Å²) < 4.78 is 16.1. The van der Waals surface area contributed by atoms with Crippen molar-refractivity contribution in [3.63, 3.8) is 0 Å². The molecular formula is C18H21NO5S2. The fourth-order valence-corrected chi connectivity index (χ4v) is 3.46. The van der Waals surface area contributed by atoms with Crippen molar-refractivity contribution in [1.29, 1.82) is 0 Å². The number of hydrogen-bond acceptors (Lipinski definition) is 7. The number of thiocarbonyl (C=S) groups is 1. The van der Waals surface area contributed by atoms with Crippen LogP contribution in [-0.2, 0) is 20.7 Å². The fraction of sp³-hybridized carbons (Fsp3) is 0.389. The van der Waals surface area contributed by atoms with Crippen LogP contribution in [0.4, 0.5) is 0 Å². The summed E-state index contributed by atoms with van der Waals surface area (Å²) in [5.41, 5.74) is 2.03. The first-order valence-electron chi connectivity index (χ1n) is 8.12. The van der Waals surface area contributed by atoms with E-state index < -0.39 is 5.97 Å². The minimum absolute atomic E-state index is 0.127. The topological polar surface area (TPSA) is 73.9 Å². The Hall–Kier alpha value is -2.06. The van der Waals surface area contributed by atoms with E-state index in [1.54, 1.807) is 20.1 Å². The van der Waals surface area contributed by atoms with E-state index in [9.17, 15) is 9.59 Å². The zero-order valence-electron chi connectivity index (χ0n) is 14.9. The van der Waals surface area contributed by atoms with Crippen LogP contribution in [0, 0.1) is 0 Å². The second kappa shape index (κ2) is 9.59. The molecule has 1 heterocycles. The van der Waals surface area contributed by atoms with E-state index in [1.165, 1.54) is 11.8 Å². The van der Waals surface area contributed by atoms with Crippen LogP contribution in [0.25, 0.3) is 0 Å². The van der Waals surface area contributed by atoms with Gasteiger partial charge in [-0.25, -0.2) is 4.79 Å². The number of thioether (sulfide) groups is 1. The maximum atomic E-state index is 11.8. The van der Waals surface area contributed by atoms with Crippen molar-refractivity contribution in [3.8, 4) is 11.5 Å². The number of methoxy groups -OCH3 is 1. The van der Waals surface area contributed by atoms with Crippen molar-refractivity contribution in [2.24, 2.45) is 0 Å². The monoisotopic (exact) mass is 395 g/mol. The zero-order chi connectivity index (χ0) is 19.1. The van der Waals surface area contributed by atoms with Gasteiger partial charge in [0.25, 0.3) is 5.91 Å².